The van der Waals surface area contributed by atoms with Crippen molar-refractivity contribution in [3.63, 3.8) is 0 Å². The van der Waals surface area contributed by atoms with Crippen LogP contribution in [-0.2, 0) is 20.9 Å². The molecule has 0 aromatic heterocycles. The number of Topliss-reactive ketones (excluding diaryl/α,β-unsaturated/α-hetero) is 1. The summed E-state index contributed by atoms with van der Waals surface area (Å²) in [5, 5.41) is 6.71. The van der Waals surface area contributed by atoms with Crippen molar-refractivity contribution < 1.29 is 14.4 Å². The molecule has 10 heteroatoms. The molecule has 42 heavy (non-hydrogen) atoms. The smallest absolute Gasteiger partial charge is 0.291 e. The van der Waals surface area contributed by atoms with E-state index < -0.39 is 23.1 Å². The predicted molar refractivity (Wildman–Crippen MR) is 178 cm³/mol. The Kier molecular flexibility index (Phi) is 13.6. The van der Waals surface area contributed by atoms with Crippen LogP contribution in [0.2, 0.25) is 0 Å². The van der Waals surface area contributed by atoms with Crippen LogP contribution in [0.3, 0.4) is 0 Å². The molecule has 1 aromatic carbocycles. The molecule has 2 heterocycles. The van der Waals surface area contributed by atoms with E-state index in [1.165, 1.54) is 37.7 Å². The average Bonchev–Trinajstić information content (AvgIpc) is 3.46. The fraction of sp³-hybridized carbons (Fsp3) is 0.688. The first-order valence-electron chi connectivity index (χ1n) is 15.4. The number of nitrogens with zero attached hydrogens (tertiary/aromatic N) is 2. The van der Waals surface area contributed by atoms with Gasteiger partial charge >= 0.3 is 0 Å². The van der Waals surface area contributed by atoms with Gasteiger partial charge in [0, 0.05) is 36.8 Å². The van der Waals surface area contributed by atoms with Gasteiger partial charge in [-0.05, 0) is 37.2 Å². The van der Waals surface area contributed by atoms with Gasteiger partial charge in [0.25, 0.3) is 5.91 Å². The maximum Gasteiger partial charge on any atom is 0.291 e. The average molecular weight is 637 g/mol. The number of ketones is 1. The second-order valence-corrected chi connectivity index (χ2v) is 14.5. The molecule has 2 N–H and O–H groups in total. The molecular weight excluding hydrogens is 588 g/mol. The Balaban J connectivity index is 0.00000484. The van der Waals surface area contributed by atoms with Crippen LogP contribution in [0, 0.1) is 11.3 Å². The van der Waals surface area contributed by atoms with Gasteiger partial charge in [0.1, 0.15) is 6.04 Å². The lowest BCUT2D eigenvalue weighted by atomic mass is 9.85. The lowest BCUT2D eigenvalue weighted by Gasteiger charge is -2.34. The topological polar surface area (TPSA) is 81.8 Å². The van der Waals surface area contributed by atoms with E-state index in [2.05, 4.69) is 39.8 Å². The molecule has 2 aliphatic heterocycles. The zero-order chi connectivity index (χ0) is 29.4. The standard InChI is InChI=1S/C32H48N4O3S2.ClH/c1-32(2,3)28(37)31(39)36-22-41-21-27(36)30(40)34-26(15-14-23-10-6-4-7-11-23)29(38)33-25-16-18-35(19-17-25)20-24-12-8-5-9-13-24;/h5,8-9,12-13,23,25-27H,4,6-7,10-11,14-22H2,1-3H3,(H,33,38)(H,34,40);1H/t26-,27-;/m1./s1. The number of halogens is 1. The molecule has 7 nitrogen and oxygen atoms in total. The third-order valence-corrected chi connectivity index (χ3v) is 10.1. The monoisotopic (exact) mass is 636 g/mol. The number of thiocarbonyl (C=S) groups is 1. The van der Waals surface area contributed by atoms with Crippen LogP contribution in [0.4, 0.5) is 0 Å². The molecule has 2 amide bonds. The van der Waals surface area contributed by atoms with Crippen molar-refractivity contribution in [3.8, 4) is 0 Å². The van der Waals surface area contributed by atoms with Gasteiger partial charge in [0.05, 0.1) is 16.9 Å². The molecule has 3 aliphatic rings. The molecule has 1 aromatic rings. The number of benzene rings is 1. The van der Waals surface area contributed by atoms with Gasteiger partial charge in [-0.15, -0.1) is 24.2 Å². The molecule has 0 bridgehead atoms. The normalized spacial score (nSPS) is 21.3. The summed E-state index contributed by atoms with van der Waals surface area (Å²) < 4.78 is 0. The van der Waals surface area contributed by atoms with Crippen molar-refractivity contribution in [1.29, 1.82) is 0 Å². The summed E-state index contributed by atoms with van der Waals surface area (Å²) in [5.74, 6) is 0.832. The number of rotatable bonds is 10. The Labute approximate surface area is 268 Å². The van der Waals surface area contributed by atoms with Gasteiger partial charge in [-0.2, -0.15) is 0 Å². The lowest BCUT2D eigenvalue weighted by molar-refractivity contribution is -0.148. The van der Waals surface area contributed by atoms with Crippen molar-refractivity contribution in [2.45, 2.75) is 103 Å². The predicted octanol–water partition coefficient (Wildman–Crippen LogP) is 5.35. The first kappa shape index (κ1) is 34.8. The second kappa shape index (κ2) is 16.4. The van der Waals surface area contributed by atoms with Crippen LogP contribution in [0.1, 0.15) is 84.1 Å². The van der Waals surface area contributed by atoms with Crippen LogP contribution >= 0.6 is 36.4 Å². The highest BCUT2D eigenvalue weighted by Gasteiger charge is 2.40. The maximum absolute atomic E-state index is 13.7. The Morgan fingerprint density at radius 2 is 1.69 bits per heavy atom. The van der Waals surface area contributed by atoms with E-state index in [-0.39, 0.29) is 30.4 Å². The fourth-order valence-corrected chi connectivity index (χ4v) is 7.73. The highest BCUT2D eigenvalue weighted by atomic mass is 35.5. The van der Waals surface area contributed by atoms with Crippen LogP contribution in [-0.4, -0.2) is 75.2 Å². The first-order chi connectivity index (χ1) is 19.6. The zero-order valence-electron chi connectivity index (χ0n) is 25.4. The van der Waals surface area contributed by atoms with Gasteiger partial charge in [0.2, 0.25) is 11.7 Å². The molecule has 0 unspecified atom stereocenters. The Morgan fingerprint density at radius 1 is 1.02 bits per heavy atom. The van der Waals surface area contributed by atoms with Gasteiger partial charge in [-0.25, -0.2) is 0 Å². The summed E-state index contributed by atoms with van der Waals surface area (Å²) in [7, 11) is 0. The van der Waals surface area contributed by atoms with E-state index in [9.17, 15) is 14.4 Å². The molecular formula is C32H49ClN4O3S2. The van der Waals surface area contributed by atoms with E-state index in [0.717, 1.165) is 45.3 Å². The minimum absolute atomic E-state index is 0. The molecule has 3 fully saturated rings. The molecule has 4 rings (SSSR count). The molecule has 234 valence electrons. The Morgan fingerprint density at radius 3 is 2.33 bits per heavy atom. The van der Waals surface area contributed by atoms with E-state index in [4.69, 9.17) is 12.2 Å². The third-order valence-electron chi connectivity index (χ3n) is 8.73. The Bertz CT molecular complexity index is 1050. The first-order valence-corrected chi connectivity index (χ1v) is 17.0. The summed E-state index contributed by atoms with van der Waals surface area (Å²) in [4.78, 5) is 44.0. The molecule has 0 spiro atoms. The van der Waals surface area contributed by atoms with Crippen LogP contribution in [0.5, 0.6) is 0 Å². The van der Waals surface area contributed by atoms with E-state index >= 15 is 0 Å². The number of amides is 2. The summed E-state index contributed by atoms with van der Waals surface area (Å²) in [6.45, 7) is 8.14. The van der Waals surface area contributed by atoms with Crippen molar-refractivity contribution in [1.82, 2.24) is 20.4 Å². The number of carbonyl (C=O) groups is 3. The van der Waals surface area contributed by atoms with Gasteiger partial charge in [0.15, 0.2) is 0 Å². The quantitative estimate of drug-likeness (QED) is 0.265. The summed E-state index contributed by atoms with van der Waals surface area (Å²) >= 11 is 7.42. The summed E-state index contributed by atoms with van der Waals surface area (Å²) in [6, 6.07) is 9.86. The zero-order valence-corrected chi connectivity index (χ0v) is 27.9. The van der Waals surface area contributed by atoms with Crippen molar-refractivity contribution in [2.75, 3.05) is 24.7 Å². The summed E-state index contributed by atoms with van der Waals surface area (Å²) in [5.41, 5.74) is 0.570. The highest BCUT2D eigenvalue weighted by molar-refractivity contribution is 7.99. The molecule has 1 saturated carbocycles. The van der Waals surface area contributed by atoms with Crippen molar-refractivity contribution >= 4 is 59.0 Å². The van der Waals surface area contributed by atoms with Crippen LogP contribution < -0.4 is 10.6 Å². The molecule has 2 saturated heterocycles. The van der Waals surface area contributed by atoms with Gasteiger partial charge in [-0.3, -0.25) is 19.3 Å². The number of likely N-dealkylation sites (tertiary alicyclic amines) is 1. The minimum atomic E-state index is -0.747. The van der Waals surface area contributed by atoms with Crippen LogP contribution in [0.15, 0.2) is 30.3 Å². The Hall–Kier alpha value is -1.68. The van der Waals surface area contributed by atoms with Crippen molar-refractivity contribution in [2.24, 2.45) is 11.3 Å². The third kappa shape index (κ3) is 9.93. The van der Waals surface area contributed by atoms with E-state index in [1.807, 2.05) is 6.07 Å². The van der Waals surface area contributed by atoms with Gasteiger partial charge in [-0.1, -0.05) is 95.4 Å². The fourth-order valence-electron chi connectivity index (χ4n) is 6.10. The largest absolute Gasteiger partial charge is 0.366 e. The highest BCUT2D eigenvalue weighted by Crippen LogP contribution is 2.29. The minimum Gasteiger partial charge on any atom is -0.366 e. The molecule has 2 atom stereocenters. The summed E-state index contributed by atoms with van der Waals surface area (Å²) in [6.07, 6.45) is 9.88. The SMILES string of the molecule is CC(C)(C)C(=O)C(=O)N1CSC[C@@H]1C(=S)N[C@H](CCC1CCCCC1)C(=O)NC1CCN(Cc2ccccc2)CC1.Cl. The van der Waals surface area contributed by atoms with Crippen LogP contribution in [0.25, 0.3) is 0 Å². The van der Waals surface area contributed by atoms with E-state index in [0.29, 0.717) is 22.5 Å². The maximum atomic E-state index is 13.7. The number of nitrogens with one attached hydrogen (secondary N) is 2. The number of carbonyl (C=O) groups excluding carboxylic acids is 3. The number of thioether (sulfide) groups is 1. The number of hydrogen-bond donors (Lipinski definition) is 2. The van der Waals surface area contributed by atoms with Crippen molar-refractivity contribution in [3.05, 3.63) is 35.9 Å². The second-order valence-electron chi connectivity index (χ2n) is 13.1. The van der Waals surface area contributed by atoms with E-state index in [1.54, 1.807) is 37.4 Å². The number of piperidine rings is 1. The molecule has 1 aliphatic carbocycles. The molecule has 0 radical (unpaired) electrons. The number of hydrogen-bond acceptors (Lipinski definition) is 6. The van der Waals surface area contributed by atoms with Gasteiger partial charge < -0.3 is 15.5 Å². The lowest BCUT2D eigenvalue weighted by Crippen LogP contribution is -2.56.